The summed E-state index contributed by atoms with van der Waals surface area (Å²) in [6, 6.07) is 0.622. The smallest absolute Gasteiger partial charge is 0.0334 e. The Bertz CT molecular complexity index is 127. The van der Waals surface area contributed by atoms with Crippen LogP contribution in [0.2, 0.25) is 0 Å². The molecule has 0 spiro atoms. The van der Waals surface area contributed by atoms with Gasteiger partial charge in [0.1, 0.15) is 0 Å². The Hall–Kier alpha value is 0.270. The van der Waals surface area contributed by atoms with Gasteiger partial charge in [0.2, 0.25) is 0 Å². The SMILES string of the molecule is CC(S)C1CN(C)CCN1C. The molecule has 11 heavy (non-hydrogen) atoms. The lowest BCUT2D eigenvalue weighted by Gasteiger charge is -2.39. The van der Waals surface area contributed by atoms with Crippen LogP contribution in [0, 0.1) is 0 Å². The highest BCUT2D eigenvalue weighted by Gasteiger charge is 2.24. The van der Waals surface area contributed by atoms with Crippen LogP contribution in [-0.4, -0.2) is 54.8 Å². The van der Waals surface area contributed by atoms with E-state index in [1.165, 1.54) is 13.1 Å². The van der Waals surface area contributed by atoms with E-state index < -0.39 is 0 Å². The van der Waals surface area contributed by atoms with Crippen molar-refractivity contribution >= 4 is 12.6 Å². The standard InChI is InChI=1S/C8H18N2S/c1-7(11)8-6-9(2)4-5-10(8)3/h7-8,11H,4-6H2,1-3H3. The molecule has 1 heterocycles. The molecular weight excluding hydrogens is 156 g/mol. The number of hydrogen-bond acceptors (Lipinski definition) is 3. The first kappa shape index (κ1) is 9.36. The minimum Gasteiger partial charge on any atom is -0.304 e. The highest BCUT2D eigenvalue weighted by atomic mass is 32.1. The van der Waals surface area contributed by atoms with Crippen LogP contribution in [0.25, 0.3) is 0 Å². The molecule has 0 aliphatic carbocycles. The topological polar surface area (TPSA) is 6.48 Å². The quantitative estimate of drug-likeness (QED) is 0.580. The number of hydrogen-bond donors (Lipinski definition) is 1. The highest BCUT2D eigenvalue weighted by Crippen LogP contribution is 2.13. The molecule has 2 nitrogen and oxygen atoms in total. The molecule has 66 valence electrons. The zero-order valence-electron chi connectivity index (χ0n) is 7.62. The lowest BCUT2D eigenvalue weighted by molar-refractivity contribution is 0.115. The first-order valence-electron chi connectivity index (χ1n) is 4.18. The number of thiol groups is 1. The van der Waals surface area contributed by atoms with Gasteiger partial charge in [-0.1, -0.05) is 6.92 Å². The predicted molar refractivity (Wildman–Crippen MR) is 52.4 cm³/mol. The fourth-order valence-electron chi connectivity index (χ4n) is 1.57. The molecule has 1 saturated heterocycles. The van der Waals surface area contributed by atoms with Gasteiger partial charge in [0, 0.05) is 30.9 Å². The van der Waals surface area contributed by atoms with Crippen LogP contribution in [0.3, 0.4) is 0 Å². The molecule has 1 aliphatic heterocycles. The molecule has 2 unspecified atom stereocenters. The van der Waals surface area contributed by atoms with E-state index in [1.807, 2.05) is 0 Å². The molecule has 0 N–H and O–H groups in total. The average molecular weight is 174 g/mol. The molecule has 1 fully saturated rings. The van der Waals surface area contributed by atoms with Crippen LogP contribution < -0.4 is 0 Å². The summed E-state index contributed by atoms with van der Waals surface area (Å²) in [4.78, 5) is 4.77. The summed E-state index contributed by atoms with van der Waals surface area (Å²) in [6.45, 7) is 5.68. The van der Waals surface area contributed by atoms with Gasteiger partial charge < -0.3 is 4.90 Å². The molecule has 0 saturated carbocycles. The van der Waals surface area contributed by atoms with E-state index >= 15 is 0 Å². The van der Waals surface area contributed by atoms with Gasteiger partial charge in [-0.15, -0.1) is 0 Å². The third kappa shape index (κ3) is 2.36. The monoisotopic (exact) mass is 174 g/mol. The van der Waals surface area contributed by atoms with E-state index in [9.17, 15) is 0 Å². The zero-order chi connectivity index (χ0) is 8.43. The van der Waals surface area contributed by atoms with Crippen LogP contribution in [0.4, 0.5) is 0 Å². The molecule has 1 rings (SSSR count). The van der Waals surface area contributed by atoms with Gasteiger partial charge in [-0.25, -0.2) is 0 Å². The summed E-state index contributed by atoms with van der Waals surface area (Å²) in [6.07, 6.45) is 0. The highest BCUT2D eigenvalue weighted by molar-refractivity contribution is 7.81. The Balaban J connectivity index is 2.47. The normalized spacial score (nSPS) is 32.2. The molecular formula is C8H18N2S. The molecule has 3 heteroatoms. The molecule has 0 amide bonds. The van der Waals surface area contributed by atoms with Crippen LogP contribution in [0.1, 0.15) is 6.92 Å². The summed E-state index contributed by atoms with van der Waals surface area (Å²) < 4.78 is 0. The zero-order valence-corrected chi connectivity index (χ0v) is 8.51. The first-order valence-corrected chi connectivity index (χ1v) is 4.69. The summed E-state index contributed by atoms with van der Waals surface area (Å²) in [5, 5.41) is 0.475. The first-order chi connectivity index (χ1) is 5.11. The van der Waals surface area contributed by atoms with Crippen molar-refractivity contribution in [3.63, 3.8) is 0 Å². The number of piperazine rings is 1. The second-order valence-corrected chi connectivity index (χ2v) is 4.37. The maximum atomic E-state index is 4.47. The molecule has 2 atom stereocenters. The summed E-state index contributed by atoms with van der Waals surface area (Å²) in [7, 11) is 4.36. The minimum atomic E-state index is 0.475. The van der Waals surface area contributed by atoms with Gasteiger partial charge in [0.15, 0.2) is 0 Å². The van der Waals surface area contributed by atoms with Crippen LogP contribution in [0.15, 0.2) is 0 Å². The van der Waals surface area contributed by atoms with Crippen molar-refractivity contribution in [2.75, 3.05) is 33.7 Å². The molecule has 0 aromatic rings. The largest absolute Gasteiger partial charge is 0.304 e. The second kappa shape index (κ2) is 3.78. The van der Waals surface area contributed by atoms with E-state index in [0.29, 0.717) is 11.3 Å². The third-order valence-electron chi connectivity index (χ3n) is 2.46. The summed E-state index contributed by atoms with van der Waals surface area (Å²) in [5.41, 5.74) is 0. The molecule has 0 bridgehead atoms. The van der Waals surface area contributed by atoms with Crippen molar-refractivity contribution in [1.82, 2.24) is 9.80 Å². The summed E-state index contributed by atoms with van der Waals surface area (Å²) in [5.74, 6) is 0. The lowest BCUT2D eigenvalue weighted by Crippen LogP contribution is -2.53. The maximum absolute atomic E-state index is 4.47. The molecule has 1 aliphatic rings. The fourth-order valence-corrected chi connectivity index (χ4v) is 1.89. The Kier molecular flexibility index (Phi) is 3.22. The van der Waals surface area contributed by atoms with Crippen molar-refractivity contribution < 1.29 is 0 Å². The van der Waals surface area contributed by atoms with E-state index in [1.54, 1.807) is 0 Å². The van der Waals surface area contributed by atoms with E-state index in [-0.39, 0.29) is 0 Å². The van der Waals surface area contributed by atoms with Crippen LogP contribution in [-0.2, 0) is 0 Å². The number of rotatable bonds is 1. The Morgan fingerprint density at radius 2 is 2.00 bits per heavy atom. The summed E-state index contributed by atoms with van der Waals surface area (Å²) >= 11 is 4.47. The number of likely N-dealkylation sites (N-methyl/N-ethyl adjacent to an activating group) is 2. The van der Waals surface area contributed by atoms with E-state index in [2.05, 4.69) is 43.4 Å². The van der Waals surface area contributed by atoms with Crippen molar-refractivity contribution in [3.05, 3.63) is 0 Å². The molecule has 0 radical (unpaired) electrons. The van der Waals surface area contributed by atoms with Gasteiger partial charge in [-0.2, -0.15) is 12.6 Å². The number of nitrogens with zero attached hydrogens (tertiary/aromatic N) is 2. The van der Waals surface area contributed by atoms with Crippen LogP contribution >= 0.6 is 12.6 Å². The molecule has 0 aromatic carbocycles. The van der Waals surface area contributed by atoms with Crippen molar-refractivity contribution in [3.8, 4) is 0 Å². The van der Waals surface area contributed by atoms with Gasteiger partial charge in [-0.3, -0.25) is 4.90 Å². The Morgan fingerprint density at radius 3 is 2.45 bits per heavy atom. The third-order valence-corrected chi connectivity index (χ3v) is 2.80. The van der Waals surface area contributed by atoms with Gasteiger partial charge in [-0.05, 0) is 14.1 Å². The predicted octanol–water partition coefficient (Wildman–Crippen LogP) is 0.550. The van der Waals surface area contributed by atoms with Gasteiger partial charge in [0.25, 0.3) is 0 Å². The minimum absolute atomic E-state index is 0.475. The molecule has 0 aromatic heterocycles. The van der Waals surface area contributed by atoms with E-state index in [4.69, 9.17) is 0 Å². The Labute approximate surface area is 75.0 Å². The van der Waals surface area contributed by atoms with Gasteiger partial charge >= 0.3 is 0 Å². The van der Waals surface area contributed by atoms with Crippen molar-refractivity contribution in [2.24, 2.45) is 0 Å². The fraction of sp³-hybridized carbons (Fsp3) is 1.00. The van der Waals surface area contributed by atoms with Crippen molar-refractivity contribution in [1.29, 1.82) is 0 Å². The Morgan fingerprint density at radius 1 is 1.36 bits per heavy atom. The van der Waals surface area contributed by atoms with Crippen molar-refractivity contribution in [2.45, 2.75) is 18.2 Å². The van der Waals surface area contributed by atoms with E-state index in [0.717, 1.165) is 6.54 Å². The average Bonchev–Trinajstić information content (AvgIpc) is 1.94. The second-order valence-electron chi connectivity index (χ2n) is 3.55. The van der Waals surface area contributed by atoms with Crippen LogP contribution in [0.5, 0.6) is 0 Å². The maximum Gasteiger partial charge on any atom is 0.0334 e. The van der Waals surface area contributed by atoms with Gasteiger partial charge in [0.05, 0.1) is 0 Å². The lowest BCUT2D eigenvalue weighted by atomic mass is 10.1.